The van der Waals surface area contributed by atoms with Gasteiger partial charge in [-0.2, -0.15) is 0 Å². The first kappa shape index (κ1) is 14.0. The van der Waals surface area contributed by atoms with Gasteiger partial charge in [0.2, 0.25) is 0 Å². The zero-order valence-corrected chi connectivity index (χ0v) is 12.6. The number of nitrogens with two attached hydrogens (primary N) is 1. The maximum atomic E-state index is 12.3. The lowest BCUT2D eigenvalue weighted by atomic mass is 9.81. The van der Waals surface area contributed by atoms with Crippen LogP contribution in [0.1, 0.15) is 29.2 Å². The molecule has 0 spiro atoms. The van der Waals surface area contributed by atoms with E-state index in [4.69, 9.17) is 5.73 Å². The maximum Gasteiger partial charge on any atom is 0.256 e. The van der Waals surface area contributed by atoms with Crippen molar-refractivity contribution in [2.75, 3.05) is 11.1 Å². The second-order valence-electron chi connectivity index (χ2n) is 6.25. The zero-order valence-electron chi connectivity index (χ0n) is 12.6. The summed E-state index contributed by atoms with van der Waals surface area (Å²) in [4.78, 5) is 12.3. The number of allylic oxidation sites excluding steroid dienone is 1. The van der Waals surface area contributed by atoms with Gasteiger partial charge in [-0.1, -0.05) is 30.3 Å². The standard InChI is InChI=1S/C19H18N2O2/c20-13-5-6-17-15(10-13)16(19(23)21-17)8-11-7-12-3-1-2-4-14(12)18(22)9-11/h1-6,8,10-11,18,22H,7,9,20H2,(H,21,23). The van der Waals surface area contributed by atoms with Gasteiger partial charge >= 0.3 is 0 Å². The highest BCUT2D eigenvalue weighted by atomic mass is 16.3. The van der Waals surface area contributed by atoms with Crippen LogP contribution in [-0.2, 0) is 11.2 Å². The minimum absolute atomic E-state index is 0.0982. The number of rotatable bonds is 1. The average molecular weight is 306 g/mol. The molecule has 23 heavy (non-hydrogen) atoms. The summed E-state index contributed by atoms with van der Waals surface area (Å²) in [7, 11) is 0. The smallest absolute Gasteiger partial charge is 0.256 e. The molecule has 0 fully saturated rings. The number of nitrogens with one attached hydrogen (secondary N) is 1. The largest absolute Gasteiger partial charge is 0.399 e. The lowest BCUT2D eigenvalue weighted by Crippen LogP contribution is -2.18. The number of anilines is 2. The van der Waals surface area contributed by atoms with Crippen molar-refractivity contribution in [2.24, 2.45) is 5.92 Å². The molecule has 0 bridgehead atoms. The molecule has 1 heterocycles. The molecule has 0 aromatic heterocycles. The van der Waals surface area contributed by atoms with Crippen LogP contribution in [0.5, 0.6) is 0 Å². The van der Waals surface area contributed by atoms with Crippen LogP contribution < -0.4 is 11.1 Å². The SMILES string of the molecule is Nc1ccc2c(c1)C(=CC1Cc3ccccc3C(O)C1)C(=O)N2. The van der Waals surface area contributed by atoms with Gasteiger partial charge in [0, 0.05) is 22.5 Å². The first-order chi connectivity index (χ1) is 11.1. The highest BCUT2D eigenvalue weighted by Crippen LogP contribution is 2.38. The minimum Gasteiger partial charge on any atom is -0.399 e. The van der Waals surface area contributed by atoms with Crippen molar-refractivity contribution in [3.05, 3.63) is 65.2 Å². The molecule has 4 N–H and O–H groups in total. The highest BCUT2D eigenvalue weighted by molar-refractivity contribution is 6.31. The second-order valence-corrected chi connectivity index (χ2v) is 6.25. The van der Waals surface area contributed by atoms with Gasteiger partial charge in [-0.15, -0.1) is 0 Å². The quantitative estimate of drug-likeness (QED) is 0.560. The summed E-state index contributed by atoms with van der Waals surface area (Å²) in [6, 6.07) is 13.4. The van der Waals surface area contributed by atoms with E-state index in [0.29, 0.717) is 17.7 Å². The Morgan fingerprint density at radius 1 is 1.22 bits per heavy atom. The first-order valence-corrected chi connectivity index (χ1v) is 7.81. The molecule has 4 nitrogen and oxygen atoms in total. The van der Waals surface area contributed by atoms with E-state index in [1.165, 1.54) is 0 Å². The van der Waals surface area contributed by atoms with Gasteiger partial charge in [0.25, 0.3) is 5.91 Å². The lowest BCUT2D eigenvalue weighted by Gasteiger charge is -2.27. The van der Waals surface area contributed by atoms with E-state index in [0.717, 1.165) is 28.8 Å². The van der Waals surface area contributed by atoms with Crippen molar-refractivity contribution in [3.8, 4) is 0 Å². The van der Waals surface area contributed by atoms with Gasteiger partial charge in [0.15, 0.2) is 0 Å². The topological polar surface area (TPSA) is 75.3 Å². The molecule has 0 saturated carbocycles. The molecule has 4 heteroatoms. The molecule has 2 aromatic carbocycles. The summed E-state index contributed by atoms with van der Waals surface area (Å²) in [6.45, 7) is 0. The number of carbonyl (C=O) groups is 1. The number of aliphatic hydroxyl groups is 1. The number of carbonyl (C=O) groups excluding carboxylic acids is 1. The van der Waals surface area contributed by atoms with Crippen LogP contribution in [0.4, 0.5) is 11.4 Å². The minimum atomic E-state index is -0.480. The van der Waals surface area contributed by atoms with E-state index in [1.807, 2.05) is 42.5 Å². The van der Waals surface area contributed by atoms with Crippen LogP contribution in [0.15, 0.2) is 48.5 Å². The monoisotopic (exact) mass is 306 g/mol. The normalized spacial score (nSPS) is 24.2. The van der Waals surface area contributed by atoms with Crippen LogP contribution in [0, 0.1) is 5.92 Å². The van der Waals surface area contributed by atoms with Gasteiger partial charge < -0.3 is 16.2 Å². The number of benzene rings is 2. The summed E-state index contributed by atoms with van der Waals surface area (Å²) in [5.74, 6) is 0.0342. The van der Waals surface area contributed by atoms with E-state index >= 15 is 0 Å². The Hall–Kier alpha value is -2.59. The molecule has 4 rings (SSSR count). The van der Waals surface area contributed by atoms with E-state index in [9.17, 15) is 9.90 Å². The molecule has 2 unspecified atom stereocenters. The summed E-state index contributed by atoms with van der Waals surface area (Å²) in [6.07, 6.45) is 2.97. The Labute approximate surface area is 134 Å². The zero-order chi connectivity index (χ0) is 16.0. The number of hydrogen-bond donors (Lipinski definition) is 3. The number of nitrogen functional groups attached to an aromatic ring is 1. The Morgan fingerprint density at radius 2 is 2.04 bits per heavy atom. The number of amides is 1. The molecule has 1 amide bonds. The van der Waals surface area contributed by atoms with Crippen molar-refractivity contribution in [1.29, 1.82) is 0 Å². The molecule has 1 aliphatic heterocycles. The number of aliphatic hydroxyl groups excluding tert-OH is 1. The Bertz CT molecular complexity index is 826. The van der Waals surface area contributed by atoms with Crippen LogP contribution in [0.25, 0.3) is 5.57 Å². The summed E-state index contributed by atoms with van der Waals surface area (Å²) >= 11 is 0. The van der Waals surface area contributed by atoms with Crippen LogP contribution in [0.3, 0.4) is 0 Å². The van der Waals surface area contributed by atoms with Gasteiger partial charge in [-0.05, 0) is 48.1 Å². The van der Waals surface area contributed by atoms with Crippen LogP contribution in [0.2, 0.25) is 0 Å². The fourth-order valence-electron chi connectivity index (χ4n) is 3.56. The van der Waals surface area contributed by atoms with Gasteiger partial charge in [-0.25, -0.2) is 0 Å². The highest BCUT2D eigenvalue weighted by Gasteiger charge is 2.28. The van der Waals surface area contributed by atoms with E-state index in [-0.39, 0.29) is 11.8 Å². The Morgan fingerprint density at radius 3 is 2.91 bits per heavy atom. The molecule has 2 atom stereocenters. The van der Waals surface area contributed by atoms with Crippen molar-refractivity contribution in [3.63, 3.8) is 0 Å². The van der Waals surface area contributed by atoms with Crippen molar-refractivity contribution < 1.29 is 9.90 Å². The third-order valence-corrected chi connectivity index (χ3v) is 4.65. The molecule has 0 saturated heterocycles. The molecule has 1 aliphatic carbocycles. The van der Waals surface area contributed by atoms with E-state index in [1.54, 1.807) is 6.07 Å². The molecule has 116 valence electrons. The summed E-state index contributed by atoms with van der Waals surface area (Å²) in [5.41, 5.74) is 10.9. The molecule has 2 aromatic rings. The lowest BCUT2D eigenvalue weighted by molar-refractivity contribution is -0.110. The molecule has 0 radical (unpaired) electrons. The fraction of sp³-hybridized carbons (Fsp3) is 0.211. The van der Waals surface area contributed by atoms with E-state index in [2.05, 4.69) is 5.32 Å². The number of hydrogen-bond acceptors (Lipinski definition) is 3. The average Bonchev–Trinajstić information content (AvgIpc) is 2.83. The van der Waals surface area contributed by atoms with Gasteiger partial charge in [-0.3, -0.25) is 4.79 Å². The third-order valence-electron chi connectivity index (χ3n) is 4.65. The fourth-order valence-corrected chi connectivity index (χ4v) is 3.56. The molecular formula is C19H18N2O2. The van der Waals surface area contributed by atoms with E-state index < -0.39 is 6.10 Å². The summed E-state index contributed by atoms with van der Waals surface area (Å²) in [5, 5.41) is 13.2. The van der Waals surface area contributed by atoms with Crippen molar-refractivity contribution >= 4 is 22.9 Å². The predicted octanol–water partition coefficient (Wildman–Crippen LogP) is 2.90. The molecule has 2 aliphatic rings. The number of fused-ring (bicyclic) bond motifs is 2. The van der Waals surface area contributed by atoms with Crippen molar-refractivity contribution in [1.82, 2.24) is 0 Å². The van der Waals surface area contributed by atoms with Crippen molar-refractivity contribution in [2.45, 2.75) is 18.9 Å². The Kier molecular flexibility index (Phi) is 3.20. The molecular weight excluding hydrogens is 288 g/mol. The predicted molar refractivity (Wildman–Crippen MR) is 90.7 cm³/mol. The summed E-state index contributed by atoms with van der Waals surface area (Å²) < 4.78 is 0. The third kappa shape index (κ3) is 2.41. The van der Waals surface area contributed by atoms with Crippen LogP contribution >= 0.6 is 0 Å². The Balaban J connectivity index is 1.70. The van der Waals surface area contributed by atoms with Gasteiger partial charge in [0.05, 0.1) is 6.10 Å². The maximum absolute atomic E-state index is 12.3. The van der Waals surface area contributed by atoms with Crippen LogP contribution in [-0.4, -0.2) is 11.0 Å². The second kappa shape index (κ2) is 5.25. The first-order valence-electron chi connectivity index (χ1n) is 7.81. The van der Waals surface area contributed by atoms with Gasteiger partial charge in [0.1, 0.15) is 0 Å².